The predicted molar refractivity (Wildman–Crippen MR) is 75.6 cm³/mol. The van der Waals surface area contributed by atoms with Crippen LogP contribution in [0.4, 0.5) is 4.39 Å². The van der Waals surface area contributed by atoms with Crippen molar-refractivity contribution in [1.29, 1.82) is 0 Å². The van der Waals surface area contributed by atoms with Crippen molar-refractivity contribution in [2.75, 3.05) is 12.4 Å². The van der Waals surface area contributed by atoms with E-state index in [1.165, 1.54) is 23.9 Å². The van der Waals surface area contributed by atoms with E-state index in [1.807, 2.05) is 13.8 Å². The second-order valence-electron chi connectivity index (χ2n) is 4.67. The molecule has 5 heteroatoms. The number of nitrogens with one attached hydrogen (secondary N) is 1. The minimum Gasteiger partial charge on any atom is -0.396 e. The van der Waals surface area contributed by atoms with E-state index in [-0.39, 0.29) is 30.3 Å². The lowest BCUT2D eigenvalue weighted by Gasteiger charge is -2.21. The van der Waals surface area contributed by atoms with Crippen LogP contribution in [0.15, 0.2) is 29.2 Å². The summed E-state index contributed by atoms with van der Waals surface area (Å²) in [5.41, 5.74) is 0. The highest BCUT2D eigenvalue weighted by atomic mass is 32.2. The first kappa shape index (κ1) is 16.0. The van der Waals surface area contributed by atoms with Gasteiger partial charge in [-0.15, -0.1) is 11.8 Å². The normalized spacial score (nSPS) is 12.5. The Morgan fingerprint density at radius 1 is 1.37 bits per heavy atom. The van der Waals surface area contributed by atoms with Gasteiger partial charge in [0.1, 0.15) is 5.82 Å². The van der Waals surface area contributed by atoms with Gasteiger partial charge < -0.3 is 10.4 Å². The van der Waals surface area contributed by atoms with Gasteiger partial charge in [-0.05, 0) is 36.6 Å². The monoisotopic (exact) mass is 285 g/mol. The molecule has 0 spiro atoms. The highest BCUT2D eigenvalue weighted by Gasteiger charge is 2.15. The maximum absolute atomic E-state index is 12.7. The molecule has 0 aliphatic heterocycles. The fourth-order valence-corrected chi connectivity index (χ4v) is 2.35. The number of carbonyl (C=O) groups excluding carboxylic acids is 1. The molecule has 1 amide bonds. The van der Waals surface area contributed by atoms with Crippen LogP contribution in [0.5, 0.6) is 0 Å². The minimum absolute atomic E-state index is 0.00804. The first-order chi connectivity index (χ1) is 9.02. The number of hydrogen-bond acceptors (Lipinski definition) is 3. The largest absolute Gasteiger partial charge is 0.396 e. The quantitative estimate of drug-likeness (QED) is 0.757. The molecule has 0 saturated carbocycles. The van der Waals surface area contributed by atoms with Gasteiger partial charge in [0.15, 0.2) is 0 Å². The number of rotatable bonds is 7. The number of amides is 1. The summed E-state index contributed by atoms with van der Waals surface area (Å²) in [5.74, 6) is 0.227. The van der Waals surface area contributed by atoms with Gasteiger partial charge in [-0.25, -0.2) is 4.39 Å². The Morgan fingerprint density at radius 3 is 2.53 bits per heavy atom. The Morgan fingerprint density at radius 2 is 2.00 bits per heavy atom. The van der Waals surface area contributed by atoms with Gasteiger partial charge in [0.05, 0.1) is 5.75 Å². The number of benzene rings is 1. The molecule has 0 saturated heterocycles. The lowest BCUT2D eigenvalue weighted by molar-refractivity contribution is -0.119. The van der Waals surface area contributed by atoms with E-state index in [4.69, 9.17) is 5.11 Å². The summed E-state index contributed by atoms with van der Waals surface area (Å²) in [7, 11) is 0. The summed E-state index contributed by atoms with van der Waals surface area (Å²) < 4.78 is 12.7. The fourth-order valence-electron chi connectivity index (χ4n) is 1.64. The van der Waals surface area contributed by atoms with Crippen LogP contribution >= 0.6 is 11.8 Å². The van der Waals surface area contributed by atoms with Crippen molar-refractivity contribution >= 4 is 17.7 Å². The van der Waals surface area contributed by atoms with Crippen molar-refractivity contribution in [1.82, 2.24) is 5.32 Å². The Balaban J connectivity index is 2.40. The molecule has 0 aromatic heterocycles. The van der Waals surface area contributed by atoms with Gasteiger partial charge in [-0.1, -0.05) is 13.8 Å². The van der Waals surface area contributed by atoms with E-state index in [2.05, 4.69) is 5.32 Å². The molecule has 2 N–H and O–H groups in total. The molecule has 0 aliphatic carbocycles. The highest BCUT2D eigenvalue weighted by Crippen LogP contribution is 2.18. The zero-order valence-electron chi connectivity index (χ0n) is 11.2. The SMILES string of the molecule is CC(C)C(CCO)NC(=O)CSc1ccc(F)cc1. The van der Waals surface area contributed by atoms with Gasteiger partial charge in [-0.3, -0.25) is 4.79 Å². The Kier molecular flexibility index (Phi) is 6.87. The predicted octanol–water partition coefficient (Wildman–Crippen LogP) is 2.44. The van der Waals surface area contributed by atoms with Crippen LogP contribution in [0.1, 0.15) is 20.3 Å². The first-order valence-corrected chi connectivity index (χ1v) is 7.30. The topological polar surface area (TPSA) is 49.3 Å². The van der Waals surface area contributed by atoms with Crippen LogP contribution in [-0.4, -0.2) is 29.4 Å². The van der Waals surface area contributed by atoms with Crippen LogP contribution in [-0.2, 0) is 4.79 Å². The van der Waals surface area contributed by atoms with Crippen LogP contribution in [0, 0.1) is 11.7 Å². The molecule has 0 fully saturated rings. The summed E-state index contributed by atoms with van der Waals surface area (Å²) in [6.45, 7) is 4.08. The molecule has 0 heterocycles. The van der Waals surface area contributed by atoms with E-state index in [0.717, 1.165) is 4.90 Å². The van der Waals surface area contributed by atoms with Crippen molar-refractivity contribution in [2.45, 2.75) is 31.2 Å². The van der Waals surface area contributed by atoms with Crippen molar-refractivity contribution < 1.29 is 14.3 Å². The standard InChI is InChI=1S/C14H20FNO2S/c1-10(2)13(7-8-17)16-14(18)9-19-12-5-3-11(15)4-6-12/h3-6,10,13,17H,7-9H2,1-2H3,(H,16,18). The summed E-state index contributed by atoms with van der Waals surface area (Å²) in [4.78, 5) is 12.6. The average Bonchev–Trinajstić information content (AvgIpc) is 2.37. The Hall–Kier alpha value is -1.07. The third-order valence-electron chi connectivity index (χ3n) is 2.77. The Labute approximate surface area is 117 Å². The van der Waals surface area contributed by atoms with Crippen LogP contribution < -0.4 is 5.32 Å². The second kappa shape index (κ2) is 8.17. The molecule has 0 aliphatic rings. The molecular formula is C14H20FNO2S. The smallest absolute Gasteiger partial charge is 0.230 e. The van der Waals surface area contributed by atoms with Crippen LogP contribution in [0.3, 0.4) is 0 Å². The van der Waals surface area contributed by atoms with Crippen LogP contribution in [0.25, 0.3) is 0 Å². The molecule has 1 rings (SSSR count). The molecule has 19 heavy (non-hydrogen) atoms. The maximum atomic E-state index is 12.7. The summed E-state index contributed by atoms with van der Waals surface area (Å²) in [6, 6.07) is 6.06. The van der Waals surface area contributed by atoms with Crippen molar-refractivity contribution in [3.8, 4) is 0 Å². The number of carbonyl (C=O) groups is 1. The summed E-state index contributed by atoms with van der Waals surface area (Å²) in [6.07, 6.45) is 0.560. The molecule has 0 radical (unpaired) electrons. The Bertz CT molecular complexity index is 395. The van der Waals surface area contributed by atoms with Crippen molar-refractivity contribution in [3.05, 3.63) is 30.1 Å². The zero-order chi connectivity index (χ0) is 14.3. The number of aliphatic hydroxyl groups is 1. The molecule has 1 aromatic rings. The van der Waals surface area contributed by atoms with Gasteiger partial charge in [0.25, 0.3) is 0 Å². The third kappa shape index (κ3) is 6.07. The van der Waals surface area contributed by atoms with E-state index in [9.17, 15) is 9.18 Å². The lowest BCUT2D eigenvalue weighted by Crippen LogP contribution is -2.40. The third-order valence-corrected chi connectivity index (χ3v) is 3.79. The van der Waals surface area contributed by atoms with Gasteiger partial charge in [0.2, 0.25) is 5.91 Å². The number of thioether (sulfide) groups is 1. The lowest BCUT2D eigenvalue weighted by atomic mass is 10.0. The van der Waals surface area contributed by atoms with E-state index in [1.54, 1.807) is 12.1 Å². The van der Waals surface area contributed by atoms with Gasteiger partial charge >= 0.3 is 0 Å². The summed E-state index contributed by atoms with van der Waals surface area (Å²) >= 11 is 1.37. The molecule has 1 aromatic carbocycles. The molecule has 0 bridgehead atoms. The maximum Gasteiger partial charge on any atom is 0.230 e. The number of hydrogen-bond donors (Lipinski definition) is 2. The zero-order valence-corrected chi connectivity index (χ0v) is 12.0. The molecule has 106 valence electrons. The fraction of sp³-hybridized carbons (Fsp3) is 0.500. The van der Waals surface area contributed by atoms with Crippen LogP contribution in [0.2, 0.25) is 0 Å². The molecule has 1 atom stereocenters. The van der Waals surface area contributed by atoms with Gasteiger partial charge in [0, 0.05) is 17.5 Å². The first-order valence-electron chi connectivity index (χ1n) is 6.31. The highest BCUT2D eigenvalue weighted by molar-refractivity contribution is 8.00. The minimum atomic E-state index is -0.281. The number of halogens is 1. The molecular weight excluding hydrogens is 265 g/mol. The second-order valence-corrected chi connectivity index (χ2v) is 5.72. The molecule has 3 nitrogen and oxygen atoms in total. The molecule has 1 unspecified atom stereocenters. The van der Waals surface area contributed by atoms with Gasteiger partial charge in [-0.2, -0.15) is 0 Å². The van der Waals surface area contributed by atoms with E-state index >= 15 is 0 Å². The van der Waals surface area contributed by atoms with E-state index < -0.39 is 0 Å². The summed E-state index contributed by atoms with van der Waals surface area (Å²) in [5, 5.41) is 11.8. The van der Waals surface area contributed by atoms with E-state index in [0.29, 0.717) is 12.2 Å². The van der Waals surface area contributed by atoms with Crippen molar-refractivity contribution in [2.24, 2.45) is 5.92 Å². The average molecular weight is 285 g/mol. The van der Waals surface area contributed by atoms with Crippen molar-refractivity contribution in [3.63, 3.8) is 0 Å². The number of aliphatic hydroxyl groups excluding tert-OH is 1.